The zero-order valence-corrected chi connectivity index (χ0v) is 7.72. The maximum Gasteiger partial charge on any atom is 0.234 e. The maximum atomic E-state index is 10.8. The Kier molecular flexibility index (Phi) is 3.63. The summed E-state index contributed by atoms with van der Waals surface area (Å²) in [6.45, 7) is 0.799. The summed E-state index contributed by atoms with van der Waals surface area (Å²) >= 11 is 0. The number of hydrogen-bond acceptors (Lipinski definition) is 3. The number of piperidine rings is 1. The van der Waals surface area contributed by atoms with Crippen LogP contribution in [-0.4, -0.2) is 24.7 Å². The quantitative estimate of drug-likeness (QED) is 0.618. The number of nitrogens with two attached hydrogens (primary N) is 1. The average molecular weight is 188 g/mol. The number of carbonyl (C=O) groups excluding carboxylic acids is 1. The lowest BCUT2D eigenvalue weighted by atomic mass is 9.94. The lowest BCUT2D eigenvalue weighted by Crippen LogP contribution is -2.47. The fourth-order valence-electron chi connectivity index (χ4n) is 1.48. The zero-order chi connectivity index (χ0) is 8.97. The SMILES string of the molecule is NC(=O)C1C[C@@H](CP=O)CCN1. The van der Waals surface area contributed by atoms with Crippen molar-refractivity contribution in [3.05, 3.63) is 0 Å². The number of hydrogen-bond donors (Lipinski definition) is 2. The van der Waals surface area contributed by atoms with Gasteiger partial charge < -0.3 is 11.1 Å². The Morgan fingerprint density at radius 1 is 1.67 bits per heavy atom. The minimum atomic E-state index is -0.303. The standard InChI is InChI=1S/C7H13N2O2P/c8-7(10)6-3-5(4-12-11)1-2-9-6/h5-6,9H,1-4H2,(H2,8,10)/t5-,6?/m0/s1. The molecule has 1 aliphatic rings. The van der Waals surface area contributed by atoms with Crippen molar-refractivity contribution in [2.24, 2.45) is 11.7 Å². The molecule has 5 heteroatoms. The van der Waals surface area contributed by atoms with E-state index in [0.29, 0.717) is 12.1 Å². The van der Waals surface area contributed by atoms with Crippen molar-refractivity contribution >= 4 is 14.4 Å². The zero-order valence-electron chi connectivity index (χ0n) is 6.82. The average Bonchev–Trinajstić information content (AvgIpc) is 2.05. The number of rotatable bonds is 3. The van der Waals surface area contributed by atoms with Crippen LogP contribution in [0.5, 0.6) is 0 Å². The molecule has 1 saturated heterocycles. The first-order chi connectivity index (χ1) is 5.74. The summed E-state index contributed by atoms with van der Waals surface area (Å²) in [6.07, 6.45) is 2.36. The lowest BCUT2D eigenvalue weighted by molar-refractivity contribution is -0.120. The predicted molar refractivity (Wildman–Crippen MR) is 46.2 cm³/mol. The van der Waals surface area contributed by atoms with E-state index >= 15 is 0 Å². The molecule has 0 aromatic heterocycles. The van der Waals surface area contributed by atoms with Crippen molar-refractivity contribution in [2.45, 2.75) is 18.9 Å². The fraction of sp³-hybridized carbons (Fsp3) is 0.857. The van der Waals surface area contributed by atoms with Crippen LogP contribution in [0, 0.1) is 5.92 Å². The molecule has 1 heterocycles. The van der Waals surface area contributed by atoms with Gasteiger partial charge >= 0.3 is 0 Å². The van der Waals surface area contributed by atoms with Gasteiger partial charge in [-0.15, -0.1) is 0 Å². The Morgan fingerprint density at radius 3 is 3.00 bits per heavy atom. The van der Waals surface area contributed by atoms with E-state index in [1.165, 1.54) is 0 Å². The third-order valence-electron chi connectivity index (χ3n) is 2.19. The van der Waals surface area contributed by atoms with E-state index in [1.807, 2.05) is 0 Å². The van der Waals surface area contributed by atoms with Crippen LogP contribution >= 0.6 is 8.46 Å². The van der Waals surface area contributed by atoms with E-state index in [-0.39, 0.29) is 20.4 Å². The molecule has 3 N–H and O–H groups in total. The highest BCUT2D eigenvalue weighted by Crippen LogP contribution is 2.19. The molecule has 4 nitrogen and oxygen atoms in total. The van der Waals surface area contributed by atoms with Gasteiger partial charge in [0.05, 0.1) is 6.04 Å². The van der Waals surface area contributed by atoms with Gasteiger partial charge in [-0.25, -0.2) is 0 Å². The first-order valence-electron chi connectivity index (χ1n) is 4.06. The molecular formula is C7H13N2O2P. The number of nitrogens with one attached hydrogen (secondary N) is 1. The normalized spacial score (nSPS) is 30.3. The third kappa shape index (κ3) is 2.54. The Balaban J connectivity index is 2.39. The molecule has 0 bridgehead atoms. The first-order valence-corrected chi connectivity index (χ1v) is 5.05. The molecule has 0 aliphatic carbocycles. The minimum absolute atomic E-state index is 0.167. The molecule has 2 atom stereocenters. The maximum absolute atomic E-state index is 10.8. The molecule has 1 unspecified atom stereocenters. The van der Waals surface area contributed by atoms with Crippen LogP contribution in [0.4, 0.5) is 0 Å². The smallest absolute Gasteiger partial charge is 0.234 e. The lowest BCUT2D eigenvalue weighted by Gasteiger charge is -2.26. The molecule has 1 amide bonds. The van der Waals surface area contributed by atoms with Gasteiger partial charge in [0.25, 0.3) is 0 Å². The highest BCUT2D eigenvalue weighted by molar-refractivity contribution is 7.23. The molecule has 0 spiro atoms. The number of carbonyl (C=O) groups is 1. The summed E-state index contributed by atoms with van der Waals surface area (Å²) in [4.78, 5) is 10.8. The highest BCUT2D eigenvalue weighted by atomic mass is 31.1. The van der Waals surface area contributed by atoms with E-state index in [2.05, 4.69) is 5.32 Å². The molecule has 1 fully saturated rings. The Morgan fingerprint density at radius 2 is 2.42 bits per heavy atom. The van der Waals surface area contributed by atoms with Gasteiger partial charge in [0.15, 0.2) is 8.46 Å². The van der Waals surface area contributed by atoms with Crippen molar-refractivity contribution in [1.29, 1.82) is 0 Å². The van der Waals surface area contributed by atoms with Crippen LogP contribution in [0.1, 0.15) is 12.8 Å². The molecule has 12 heavy (non-hydrogen) atoms. The van der Waals surface area contributed by atoms with Crippen molar-refractivity contribution < 1.29 is 9.36 Å². The summed E-state index contributed by atoms with van der Waals surface area (Å²) in [5.41, 5.74) is 5.14. The topological polar surface area (TPSA) is 72.2 Å². The monoisotopic (exact) mass is 188 g/mol. The number of amides is 1. The molecule has 0 radical (unpaired) electrons. The second-order valence-electron chi connectivity index (χ2n) is 3.11. The largest absolute Gasteiger partial charge is 0.368 e. The Bertz CT molecular complexity index is 186. The van der Waals surface area contributed by atoms with E-state index in [1.54, 1.807) is 0 Å². The van der Waals surface area contributed by atoms with E-state index in [0.717, 1.165) is 19.4 Å². The third-order valence-corrected chi connectivity index (χ3v) is 2.85. The summed E-state index contributed by atoms with van der Waals surface area (Å²) in [7, 11) is 0.167. The molecule has 68 valence electrons. The molecule has 0 aromatic rings. The van der Waals surface area contributed by atoms with Gasteiger partial charge in [-0.05, 0) is 25.3 Å². The van der Waals surface area contributed by atoms with Gasteiger partial charge in [0, 0.05) is 6.16 Å². The Labute approximate surface area is 73.1 Å². The first kappa shape index (κ1) is 9.62. The van der Waals surface area contributed by atoms with Gasteiger partial charge in [-0.2, -0.15) is 0 Å². The summed E-state index contributed by atoms with van der Waals surface area (Å²) in [5, 5.41) is 3.03. The van der Waals surface area contributed by atoms with Crippen LogP contribution in [-0.2, 0) is 9.36 Å². The Hall–Kier alpha value is -0.470. The van der Waals surface area contributed by atoms with Crippen molar-refractivity contribution in [1.82, 2.24) is 5.32 Å². The fourth-order valence-corrected chi connectivity index (χ4v) is 2.03. The number of primary amides is 1. The van der Waals surface area contributed by atoms with Crippen LogP contribution in [0.3, 0.4) is 0 Å². The molecule has 0 saturated carbocycles. The van der Waals surface area contributed by atoms with Gasteiger partial charge in [0.1, 0.15) is 0 Å². The second-order valence-corrected chi connectivity index (χ2v) is 3.73. The highest BCUT2D eigenvalue weighted by Gasteiger charge is 2.24. The second kappa shape index (κ2) is 4.53. The molecule has 0 aromatic carbocycles. The minimum Gasteiger partial charge on any atom is -0.368 e. The van der Waals surface area contributed by atoms with Crippen LogP contribution in [0.15, 0.2) is 0 Å². The van der Waals surface area contributed by atoms with E-state index in [9.17, 15) is 9.36 Å². The van der Waals surface area contributed by atoms with Gasteiger partial charge in [-0.1, -0.05) is 0 Å². The van der Waals surface area contributed by atoms with Crippen LogP contribution < -0.4 is 11.1 Å². The summed E-state index contributed by atoms with van der Waals surface area (Å²) < 4.78 is 10.3. The van der Waals surface area contributed by atoms with Crippen molar-refractivity contribution in [3.63, 3.8) is 0 Å². The molecule has 1 rings (SSSR count). The van der Waals surface area contributed by atoms with E-state index < -0.39 is 0 Å². The van der Waals surface area contributed by atoms with Gasteiger partial charge in [0.2, 0.25) is 5.91 Å². The van der Waals surface area contributed by atoms with E-state index in [4.69, 9.17) is 5.73 Å². The van der Waals surface area contributed by atoms with Crippen molar-refractivity contribution in [2.75, 3.05) is 12.7 Å². The predicted octanol–water partition coefficient (Wildman–Crippen LogP) is 0.132. The summed E-state index contributed by atoms with van der Waals surface area (Å²) in [5.74, 6) is 0.0742. The molecule has 1 aliphatic heterocycles. The molecular weight excluding hydrogens is 175 g/mol. The van der Waals surface area contributed by atoms with Crippen LogP contribution in [0.2, 0.25) is 0 Å². The van der Waals surface area contributed by atoms with Crippen molar-refractivity contribution in [3.8, 4) is 0 Å². The van der Waals surface area contributed by atoms with Gasteiger partial charge in [-0.3, -0.25) is 9.36 Å². The summed E-state index contributed by atoms with van der Waals surface area (Å²) in [6, 6.07) is -0.217. The van der Waals surface area contributed by atoms with Crippen LogP contribution in [0.25, 0.3) is 0 Å².